The van der Waals surface area contributed by atoms with E-state index in [0.717, 1.165) is 0 Å². The van der Waals surface area contributed by atoms with E-state index in [1.807, 2.05) is 0 Å². The standard InChI is InChI=1S/C3H8O3.ClH.Mn/c4-1-3(6)2-5;;/h3-6H,1-2H2;1H;/q;;+1/p-1. The van der Waals surface area contributed by atoms with Crippen molar-refractivity contribution < 1.29 is 30.4 Å². The van der Waals surface area contributed by atoms with E-state index in [1.165, 1.54) is 0 Å². The minimum absolute atomic E-state index is 0.365. The normalized spacial score (nSPS) is 8.25. The third-order valence-electron chi connectivity index (χ3n) is 0.421. The molecule has 0 radical (unpaired) electrons. The number of rotatable bonds is 2. The topological polar surface area (TPSA) is 60.7 Å². The van der Waals surface area contributed by atoms with E-state index in [2.05, 4.69) is 25.2 Å². The van der Waals surface area contributed by atoms with Gasteiger partial charge in [0.05, 0.1) is 13.2 Å². The van der Waals surface area contributed by atoms with Gasteiger partial charge in [-0.05, 0) is 0 Å². The Hall–Kier alpha value is 0.689. The average Bonchev–Trinajstić information content (AvgIpc) is 1.91. The summed E-state index contributed by atoms with van der Waals surface area (Å²) in [6.07, 6.45) is -0.954. The molecular weight excluding hydrogens is 174 g/mol. The summed E-state index contributed by atoms with van der Waals surface area (Å²) in [5.74, 6) is 0. The molecule has 0 aromatic carbocycles. The molecule has 0 amide bonds. The van der Waals surface area contributed by atoms with Gasteiger partial charge in [0.15, 0.2) is 0 Å². The van der Waals surface area contributed by atoms with Gasteiger partial charge in [0.25, 0.3) is 0 Å². The second-order valence-corrected chi connectivity index (χ2v) is 1.02. The molecule has 3 nitrogen and oxygen atoms in total. The summed E-state index contributed by atoms with van der Waals surface area (Å²) >= 11 is 2.41. The number of aliphatic hydroxyl groups is 3. The van der Waals surface area contributed by atoms with Crippen LogP contribution in [0.15, 0.2) is 0 Å². The van der Waals surface area contributed by atoms with Gasteiger partial charge in [-0.25, -0.2) is 0 Å². The van der Waals surface area contributed by atoms with Gasteiger partial charge in [-0.2, -0.15) is 0 Å². The molecule has 0 saturated heterocycles. The summed E-state index contributed by atoms with van der Waals surface area (Å²) in [6, 6.07) is 0. The van der Waals surface area contributed by atoms with E-state index in [4.69, 9.17) is 15.3 Å². The van der Waals surface area contributed by atoms with Gasteiger partial charge >= 0.3 is 25.2 Å². The van der Waals surface area contributed by atoms with Gasteiger partial charge in [0.1, 0.15) is 6.10 Å². The number of halogens is 1. The maximum atomic E-state index is 8.17. The molecule has 0 unspecified atom stereocenters. The molecule has 0 rings (SSSR count). The first-order chi connectivity index (χ1) is 3.81. The van der Waals surface area contributed by atoms with Crippen LogP contribution in [0.1, 0.15) is 0 Å². The van der Waals surface area contributed by atoms with Crippen LogP contribution in [0.25, 0.3) is 0 Å². The molecule has 5 heteroatoms. The number of hydrogen-bond acceptors (Lipinski definition) is 3. The van der Waals surface area contributed by atoms with Gasteiger partial charge in [-0.3, -0.25) is 0 Å². The molecule has 0 atom stereocenters. The van der Waals surface area contributed by atoms with Crippen LogP contribution in [0, 0.1) is 0 Å². The van der Waals surface area contributed by atoms with Crippen molar-refractivity contribution in [2.75, 3.05) is 13.2 Å². The summed E-state index contributed by atoms with van der Waals surface area (Å²) in [5, 5.41) is 24.0. The van der Waals surface area contributed by atoms with Crippen molar-refractivity contribution in [2.24, 2.45) is 0 Å². The van der Waals surface area contributed by atoms with Crippen molar-refractivity contribution in [2.45, 2.75) is 6.10 Å². The molecule has 3 N–H and O–H groups in total. The van der Waals surface area contributed by atoms with Crippen molar-refractivity contribution in [1.82, 2.24) is 0 Å². The van der Waals surface area contributed by atoms with Crippen LogP contribution >= 0.6 is 10.1 Å². The summed E-state index contributed by atoms with van der Waals surface area (Å²) in [5.41, 5.74) is 0. The molecule has 0 aliphatic carbocycles. The van der Waals surface area contributed by atoms with Crippen LogP contribution in [-0.4, -0.2) is 34.6 Å². The first-order valence-electron chi connectivity index (χ1n) is 1.85. The van der Waals surface area contributed by atoms with Crippen LogP contribution in [0.2, 0.25) is 0 Å². The van der Waals surface area contributed by atoms with Crippen LogP contribution in [0.3, 0.4) is 0 Å². The molecular formula is C3H8ClMnO3. The van der Waals surface area contributed by atoms with Crippen LogP contribution < -0.4 is 0 Å². The summed E-state index contributed by atoms with van der Waals surface area (Å²) < 4.78 is 0. The van der Waals surface area contributed by atoms with Gasteiger partial charge in [0, 0.05) is 0 Å². The van der Waals surface area contributed by atoms with Crippen LogP contribution in [0.4, 0.5) is 0 Å². The predicted molar refractivity (Wildman–Crippen MR) is 26.0 cm³/mol. The van der Waals surface area contributed by atoms with E-state index >= 15 is 0 Å². The van der Waals surface area contributed by atoms with Crippen molar-refractivity contribution in [3.05, 3.63) is 0 Å². The molecule has 0 aliphatic heterocycles. The molecule has 0 saturated carbocycles. The molecule has 0 spiro atoms. The summed E-state index contributed by atoms with van der Waals surface area (Å²) in [6.45, 7) is -0.729. The average molecular weight is 182 g/mol. The van der Waals surface area contributed by atoms with Gasteiger partial charge in [-0.15, -0.1) is 0 Å². The zero-order valence-electron chi connectivity index (χ0n) is 4.09. The Morgan fingerprint density at radius 2 is 1.50 bits per heavy atom. The molecule has 0 bridgehead atoms. The molecule has 0 heterocycles. The second-order valence-electron chi connectivity index (χ2n) is 1.02. The zero-order valence-corrected chi connectivity index (χ0v) is 6.03. The first kappa shape index (κ1) is 11.5. The van der Waals surface area contributed by atoms with Gasteiger partial charge in [0.2, 0.25) is 0 Å². The monoisotopic (exact) mass is 182 g/mol. The Bertz CT molecular complexity index is 33.7. The fraction of sp³-hybridized carbons (Fsp3) is 1.00. The van der Waals surface area contributed by atoms with Crippen LogP contribution in [-0.2, 0) is 15.1 Å². The fourth-order valence-electron chi connectivity index (χ4n) is 0.0577. The van der Waals surface area contributed by atoms with E-state index in [1.54, 1.807) is 0 Å². The molecule has 0 aromatic rings. The third-order valence-corrected chi connectivity index (χ3v) is 0.421. The summed E-state index contributed by atoms with van der Waals surface area (Å²) in [4.78, 5) is 0. The van der Waals surface area contributed by atoms with E-state index in [-0.39, 0.29) is 13.2 Å². The molecule has 0 aromatic heterocycles. The van der Waals surface area contributed by atoms with Crippen molar-refractivity contribution in [3.8, 4) is 0 Å². The second kappa shape index (κ2) is 10.6. The van der Waals surface area contributed by atoms with Gasteiger partial charge in [-0.1, -0.05) is 0 Å². The Morgan fingerprint density at radius 1 is 1.25 bits per heavy atom. The van der Waals surface area contributed by atoms with E-state index < -0.39 is 6.10 Å². The molecule has 0 fully saturated rings. The maximum absolute atomic E-state index is 8.17. The quantitative estimate of drug-likeness (QED) is 0.481. The van der Waals surface area contributed by atoms with Crippen LogP contribution in [0.5, 0.6) is 0 Å². The Labute approximate surface area is 60.3 Å². The molecule has 52 valence electrons. The minimum atomic E-state index is -0.954. The predicted octanol–water partition coefficient (Wildman–Crippen LogP) is -0.981. The zero-order chi connectivity index (χ0) is 6.99. The third kappa shape index (κ3) is 9.85. The van der Waals surface area contributed by atoms with Crippen molar-refractivity contribution >= 4 is 10.1 Å². The molecule has 0 aliphatic rings. The SMILES string of the molecule is OCC(O)CO.[Cl][Mn]. The van der Waals surface area contributed by atoms with E-state index in [0.29, 0.717) is 0 Å². The molecule has 8 heavy (non-hydrogen) atoms. The number of hydrogen-bond donors (Lipinski definition) is 3. The van der Waals surface area contributed by atoms with Crippen molar-refractivity contribution in [1.29, 1.82) is 0 Å². The summed E-state index contributed by atoms with van der Waals surface area (Å²) in [7, 11) is 4.45. The Morgan fingerprint density at radius 3 is 1.50 bits per heavy atom. The van der Waals surface area contributed by atoms with Gasteiger partial charge < -0.3 is 15.3 Å². The fourth-order valence-corrected chi connectivity index (χ4v) is 0.0577. The first-order valence-corrected chi connectivity index (χ1v) is 3.47. The van der Waals surface area contributed by atoms with E-state index in [9.17, 15) is 0 Å². The van der Waals surface area contributed by atoms with Crippen molar-refractivity contribution in [3.63, 3.8) is 0 Å². The Balaban J connectivity index is 0. The Kier molecular flexibility index (Phi) is 15.3. The number of aliphatic hydroxyl groups excluding tert-OH is 3.